The Morgan fingerprint density at radius 2 is 2.04 bits per heavy atom. The lowest BCUT2D eigenvalue weighted by Gasteiger charge is -2.12. The molecule has 26 heavy (non-hydrogen) atoms. The molecule has 1 N–H and O–H groups in total. The van der Waals surface area contributed by atoms with Gasteiger partial charge in [0.05, 0.1) is 9.50 Å². The molecule has 6 heteroatoms. The van der Waals surface area contributed by atoms with Crippen LogP contribution in [0.25, 0.3) is 6.08 Å². The summed E-state index contributed by atoms with van der Waals surface area (Å²) in [5, 5.41) is 12.3. The summed E-state index contributed by atoms with van der Waals surface area (Å²) in [5.74, 6) is 0.0944. The Kier molecular flexibility index (Phi) is 7.26. The quantitative estimate of drug-likeness (QED) is 0.508. The summed E-state index contributed by atoms with van der Waals surface area (Å²) in [6.45, 7) is 4.05. The van der Waals surface area contributed by atoms with Crippen molar-refractivity contribution in [3.05, 3.63) is 68.7 Å². The second-order valence-corrected chi connectivity index (χ2v) is 7.15. The Labute approximate surface area is 166 Å². The summed E-state index contributed by atoms with van der Waals surface area (Å²) < 4.78 is 6.44. The molecule has 0 atom stereocenters. The number of nitrogens with zero attached hydrogens (tertiary/aromatic N) is 1. The molecule has 0 unspecified atom stereocenters. The molecule has 0 radical (unpaired) electrons. The van der Waals surface area contributed by atoms with E-state index in [1.807, 2.05) is 50.2 Å². The number of carbonyl (C=O) groups is 1. The summed E-state index contributed by atoms with van der Waals surface area (Å²) in [6, 6.07) is 15.0. The Morgan fingerprint density at radius 1 is 1.35 bits per heavy atom. The standard InChI is InChI=1S/C20H18BrClN2O2/c1-13(2)24-20(25)16(11-23)8-15-9-17(21)19(18(22)10-15)26-12-14-6-4-3-5-7-14/h3-10,13H,12H2,1-2H3,(H,24,25)/b16-8-. The number of nitriles is 1. The molecule has 0 saturated heterocycles. The molecular formula is C20H18BrClN2O2. The first kappa shape index (κ1) is 20.0. The molecular weight excluding hydrogens is 416 g/mol. The van der Waals surface area contributed by atoms with E-state index >= 15 is 0 Å². The summed E-state index contributed by atoms with van der Waals surface area (Å²) in [7, 11) is 0. The normalized spacial score (nSPS) is 11.2. The molecule has 0 bridgehead atoms. The topological polar surface area (TPSA) is 62.1 Å². The first-order chi connectivity index (χ1) is 12.4. The summed E-state index contributed by atoms with van der Waals surface area (Å²) in [6.07, 6.45) is 1.50. The Balaban J connectivity index is 2.21. The van der Waals surface area contributed by atoms with Crippen LogP contribution in [0.5, 0.6) is 5.75 Å². The largest absolute Gasteiger partial charge is 0.486 e. The van der Waals surface area contributed by atoms with Crippen molar-refractivity contribution < 1.29 is 9.53 Å². The maximum atomic E-state index is 12.0. The molecule has 0 aliphatic carbocycles. The molecule has 0 aliphatic heterocycles. The fourth-order valence-corrected chi connectivity index (χ4v) is 3.17. The van der Waals surface area contributed by atoms with Gasteiger partial charge in [0.2, 0.25) is 0 Å². The number of carbonyl (C=O) groups excluding carboxylic acids is 1. The lowest BCUT2D eigenvalue weighted by atomic mass is 10.1. The van der Waals surface area contributed by atoms with Crippen LogP contribution in [0, 0.1) is 11.3 Å². The lowest BCUT2D eigenvalue weighted by Crippen LogP contribution is -2.30. The van der Waals surface area contributed by atoms with E-state index in [1.54, 1.807) is 12.1 Å². The van der Waals surface area contributed by atoms with Crippen molar-refractivity contribution in [3.8, 4) is 11.8 Å². The zero-order valence-electron chi connectivity index (χ0n) is 14.4. The summed E-state index contributed by atoms with van der Waals surface area (Å²) in [5.41, 5.74) is 1.67. The van der Waals surface area contributed by atoms with Gasteiger partial charge in [-0.25, -0.2) is 0 Å². The molecule has 2 rings (SSSR count). The van der Waals surface area contributed by atoms with E-state index in [1.165, 1.54) is 6.08 Å². The molecule has 0 aliphatic rings. The van der Waals surface area contributed by atoms with Gasteiger partial charge in [-0.3, -0.25) is 4.79 Å². The lowest BCUT2D eigenvalue weighted by molar-refractivity contribution is -0.117. The molecule has 134 valence electrons. The van der Waals surface area contributed by atoms with Crippen molar-refractivity contribution in [3.63, 3.8) is 0 Å². The minimum Gasteiger partial charge on any atom is -0.486 e. The van der Waals surface area contributed by atoms with Crippen LogP contribution < -0.4 is 10.1 Å². The van der Waals surface area contributed by atoms with Crippen LogP contribution in [0.4, 0.5) is 0 Å². The van der Waals surface area contributed by atoms with Crippen LogP contribution in [0.2, 0.25) is 5.02 Å². The molecule has 0 spiro atoms. The van der Waals surface area contributed by atoms with Gasteiger partial charge in [0, 0.05) is 6.04 Å². The van der Waals surface area contributed by atoms with Crippen LogP contribution in [0.3, 0.4) is 0 Å². The Hall–Kier alpha value is -2.29. The third kappa shape index (κ3) is 5.62. The van der Waals surface area contributed by atoms with Gasteiger partial charge in [-0.1, -0.05) is 41.9 Å². The second-order valence-electron chi connectivity index (χ2n) is 5.89. The van der Waals surface area contributed by atoms with Crippen molar-refractivity contribution in [2.45, 2.75) is 26.5 Å². The fraction of sp³-hybridized carbons (Fsp3) is 0.200. The maximum Gasteiger partial charge on any atom is 0.262 e. The van der Waals surface area contributed by atoms with Crippen molar-refractivity contribution >= 4 is 39.5 Å². The summed E-state index contributed by atoms with van der Waals surface area (Å²) >= 11 is 9.76. The molecule has 0 fully saturated rings. The maximum absolute atomic E-state index is 12.0. The van der Waals surface area contributed by atoms with Crippen LogP contribution in [-0.2, 0) is 11.4 Å². The first-order valence-corrected chi connectivity index (χ1v) is 9.16. The number of halogens is 2. The SMILES string of the molecule is CC(C)NC(=O)/C(C#N)=C\c1cc(Cl)c(OCc2ccccc2)c(Br)c1. The molecule has 1 amide bonds. The molecule has 2 aromatic rings. The molecule has 4 nitrogen and oxygen atoms in total. The Bertz CT molecular complexity index is 835. The van der Waals surface area contributed by atoms with E-state index in [4.69, 9.17) is 16.3 Å². The van der Waals surface area contributed by atoms with Crippen LogP contribution >= 0.6 is 27.5 Å². The predicted molar refractivity (Wildman–Crippen MR) is 107 cm³/mol. The third-order valence-corrected chi connectivity index (χ3v) is 4.21. The molecule has 0 saturated carbocycles. The van der Waals surface area contributed by atoms with Crippen LogP contribution in [0.1, 0.15) is 25.0 Å². The van der Waals surface area contributed by atoms with Gasteiger partial charge in [-0.2, -0.15) is 5.26 Å². The van der Waals surface area contributed by atoms with Gasteiger partial charge in [-0.05, 0) is 59.1 Å². The third-order valence-electron chi connectivity index (χ3n) is 3.34. The van der Waals surface area contributed by atoms with E-state index in [0.717, 1.165) is 5.56 Å². The highest BCUT2D eigenvalue weighted by Gasteiger charge is 2.13. The van der Waals surface area contributed by atoms with E-state index < -0.39 is 5.91 Å². The average molecular weight is 434 g/mol. The van der Waals surface area contributed by atoms with E-state index in [0.29, 0.717) is 27.4 Å². The van der Waals surface area contributed by atoms with E-state index in [2.05, 4.69) is 21.2 Å². The van der Waals surface area contributed by atoms with E-state index in [-0.39, 0.29) is 11.6 Å². The predicted octanol–water partition coefficient (Wildman–Crippen LogP) is 5.11. The highest BCUT2D eigenvalue weighted by molar-refractivity contribution is 9.10. The van der Waals surface area contributed by atoms with Gasteiger partial charge < -0.3 is 10.1 Å². The zero-order valence-corrected chi connectivity index (χ0v) is 16.8. The van der Waals surface area contributed by atoms with Gasteiger partial charge in [0.15, 0.2) is 5.75 Å². The number of amides is 1. The van der Waals surface area contributed by atoms with Gasteiger partial charge in [0.1, 0.15) is 18.2 Å². The zero-order chi connectivity index (χ0) is 19.1. The number of benzene rings is 2. The minimum atomic E-state index is -0.417. The summed E-state index contributed by atoms with van der Waals surface area (Å²) in [4.78, 5) is 12.0. The second kappa shape index (κ2) is 9.42. The number of nitrogens with one attached hydrogen (secondary N) is 1. The van der Waals surface area contributed by atoms with Crippen molar-refractivity contribution in [2.75, 3.05) is 0 Å². The number of hydrogen-bond acceptors (Lipinski definition) is 3. The minimum absolute atomic E-state index is 0.0135. The van der Waals surface area contributed by atoms with Gasteiger partial charge in [0.25, 0.3) is 5.91 Å². The Morgan fingerprint density at radius 3 is 2.62 bits per heavy atom. The van der Waals surface area contributed by atoms with Crippen molar-refractivity contribution in [1.29, 1.82) is 5.26 Å². The van der Waals surface area contributed by atoms with E-state index in [9.17, 15) is 10.1 Å². The number of hydrogen-bond donors (Lipinski definition) is 1. The first-order valence-electron chi connectivity index (χ1n) is 7.99. The van der Waals surface area contributed by atoms with Crippen molar-refractivity contribution in [2.24, 2.45) is 0 Å². The highest BCUT2D eigenvalue weighted by atomic mass is 79.9. The van der Waals surface area contributed by atoms with Gasteiger partial charge in [-0.15, -0.1) is 0 Å². The monoisotopic (exact) mass is 432 g/mol. The van der Waals surface area contributed by atoms with Gasteiger partial charge >= 0.3 is 0 Å². The van der Waals surface area contributed by atoms with Crippen LogP contribution in [0.15, 0.2) is 52.5 Å². The number of rotatable bonds is 6. The highest BCUT2D eigenvalue weighted by Crippen LogP contribution is 2.35. The molecule has 2 aromatic carbocycles. The molecule has 0 aromatic heterocycles. The van der Waals surface area contributed by atoms with Crippen LogP contribution in [-0.4, -0.2) is 11.9 Å². The number of ether oxygens (including phenoxy) is 1. The average Bonchev–Trinajstić information content (AvgIpc) is 2.59. The van der Waals surface area contributed by atoms with Crippen molar-refractivity contribution in [1.82, 2.24) is 5.32 Å². The molecule has 0 heterocycles. The fourth-order valence-electron chi connectivity index (χ4n) is 2.19. The smallest absolute Gasteiger partial charge is 0.262 e.